The van der Waals surface area contributed by atoms with Crippen molar-refractivity contribution in [1.29, 1.82) is 0 Å². The highest BCUT2D eigenvalue weighted by Crippen LogP contribution is 2.28. The zero-order valence-electron chi connectivity index (χ0n) is 21.6. The first-order valence-electron chi connectivity index (χ1n) is 12.7. The van der Waals surface area contributed by atoms with Gasteiger partial charge in [0.25, 0.3) is 11.8 Å². The number of urea groups is 1. The van der Waals surface area contributed by atoms with Crippen molar-refractivity contribution in [3.8, 4) is 0 Å². The number of thiophene rings is 1. The van der Waals surface area contributed by atoms with E-state index in [0.29, 0.717) is 61.8 Å². The van der Waals surface area contributed by atoms with Gasteiger partial charge in [-0.1, -0.05) is 18.2 Å². The van der Waals surface area contributed by atoms with Crippen LogP contribution >= 0.6 is 11.3 Å². The Balaban J connectivity index is 1.53. The topological polar surface area (TPSA) is 85.0 Å². The fraction of sp³-hybridized carbons (Fsp3) is 0.321. The van der Waals surface area contributed by atoms with E-state index < -0.39 is 5.82 Å². The van der Waals surface area contributed by atoms with Gasteiger partial charge in [0.15, 0.2) is 0 Å². The lowest BCUT2D eigenvalue weighted by molar-refractivity contribution is 0.0773. The van der Waals surface area contributed by atoms with E-state index in [4.69, 9.17) is 0 Å². The number of amides is 4. The molecule has 0 unspecified atom stereocenters. The fourth-order valence-corrected chi connectivity index (χ4v) is 5.08. The molecule has 2 heterocycles. The van der Waals surface area contributed by atoms with Gasteiger partial charge in [-0.3, -0.25) is 9.59 Å². The van der Waals surface area contributed by atoms with Gasteiger partial charge in [-0.05, 0) is 62.0 Å². The number of hydrogen-bond donors (Lipinski definition) is 2. The minimum Gasteiger partial charge on any atom is -0.369 e. The smallest absolute Gasteiger partial charge is 0.321 e. The average Bonchev–Trinajstić information content (AvgIpc) is 3.36. The van der Waals surface area contributed by atoms with Gasteiger partial charge >= 0.3 is 6.03 Å². The molecule has 0 aliphatic carbocycles. The lowest BCUT2D eigenvalue weighted by Gasteiger charge is -2.28. The zero-order chi connectivity index (χ0) is 27.1. The highest BCUT2D eigenvalue weighted by molar-refractivity contribution is 7.12. The van der Waals surface area contributed by atoms with Crippen molar-refractivity contribution < 1.29 is 18.8 Å². The van der Waals surface area contributed by atoms with Crippen LogP contribution in [0.1, 0.15) is 40.3 Å². The molecular formula is C28H32FN5O3S. The Kier molecular flexibility index (Phi) is 8.96. The third-order valence-electron chi connectivity index (χ3n) is 6.52. The molecule has 4 rings (SSSR count). The van der Waals surface area contributed by atoms with Crippen molar-refractivity contribution in [2.24, 2.45) is 0 Å². The minimum atomic E-state index is -0.483. The molecule has 0 saturated carbocycles. The first-order valence-corrected chi connectivity index (χ1v) is 13.6. The standard InChI is InChI=1S/C28H32FN5O3S/c1-3-32(4-2)27(36)21-19-20(30-26(35)25-11-7-18-38-25)12-13-24(21)33-14-8-15-34(17-16-33)28(37)31-23-10-6-5-9-22(23)29/h5-7,9-13,18-19H,3-4,8,14-17H2,1-2H3,(H,30,35)(H,31,37). The molecule has 1 saturated heterocycles. The van der Waals surface area contributed by atoms with E-state index in [1.54, 1.807) is 40.1 Å². The lowest BCUT2D eigenvalue weighted by atomic mass is 10.1. The number of nitrogens with one attached hydrogen (secondary N) is 2. The van der Waals surface area contributed by atoms with Gasteiger partial charge in [0.05, 0.1) is 16.1 Å². The van der Waals surface area contributed by atoms with Crippen LogP contribution in [-0.2, 0) is 0 Å². The van der Waals surface area contributed by atoms with E-state index in [2.05, 4.69) is 15.5 Å². The van der Waals surface area contributed by atoms with Gasteiger partial charge in [-0.15, -0.1) is 11.3 Å². The molecule has 8 nitrogen and oxygen atoms in total. The van der Waals surface area contributed by atoms with E-state index in [0.717, 1.165) is 5.69 Å². The lowest BCUT2D eigenvalue weighted by Crippen LogP contribution is -2.38. The highest BCUT2D eigenvalue weighted by atomic mass is 32.1. The minimum absolute atomic E-state index is 0.115. The van der Waals surface area contributed by atoms with Crippen LogP contribution in [0.4, 0.5) is 26.2 Å². The molecule has 4 amide bonds. The number of benzene rings is 2. The summed E-state index contributed by atoms with van der Waals surface area (Å²) in [7, 11) is 0. The molecule has 1 aliphatic rings. The summed E-state index contributed by atoms with van der Waals surface area (Å²) in [5, 5.41) is 7.39. The van der Waals surface area contributed by atoms with Crippen LogP contribution in [0.15, 0.2) is 60.0 Å². The maximum Gasteiger partial charge on any atom is 0.321 e. The molecule has 0 bridgehead atoms. The first-order chi connectivity index (χ1) is 18.4. The molecule has 0 spiro atoms. The Morgan fingerprint density at radius 1 is 0.947 bits per heavy atom. The molecule has 1 fully saturated rings. The van der Waals surface area contributed by atoms with Gasteiger partial charge in [-0.25, -0.2) is 9.18 Å². The third kappa shape index (κ3) is 6.31. The van der Waals surface area contributed by atoms with Gasteiger partial charge in [-0.2, -0.15) is 0 Å². The number of hydrogen-bond acceptors (Lipinski definition) is 5. The van der Waals surface area contributed by atoms with Crippen molar-refractivity contribution in [2.45, 2.75) is 20.3 Å². The number of rotatable bonds is 7. The van der Waals surface area contributed by atoms with E-state index in [1.807, 2.05) is 31.4 Å². The van der Waals surface area contributed by atoms with Gasteiger partial charge in [0.1, 0.15) is 5.82 Å². The Bertz CT molecular complexity index is 1280. The molecule has 2 aromatic carbocycles. The second-order valence-electron chi connectivity index (χ2n) is 8.88. The van der Waals surface area contributed by atoms with Crippen LogP contribution in [0.3, 0.4) is 0 Å². The number of para-hydroxylation sites is 1. The summed E-state index contributed by atoms with van der Waals surface area (Å²) in [6, 6.07) is 14.7. The SMILES string of the molecule is CCN(CC)C(=O)c1cc(NC(=O)c2cccs2)ccc1N1CCCN(C(=O)Nc2ccccc2F)CC1. The summed E-state index contributed by atoms with van der Waals surface area (Å²) in [5.74, 6) is -0.820. The van der Waals surface area contributed by atoms with E-state index in [9.17, 15) is 18.8 Å². The zero-order valence-corrected chi connectivity index (χ0v) is 22.4. The largest absolute Gasteiger partial charge is 0.369 e. The van der Waals surface area contributed by atoms with Gasteiger partial charge in [0, 0.05) is 50.6 Å². The van der Waals surface area contributed by atoms with E-state index in [1.165, 1.54) is 23.5 Å². The summed E-state index contributed by atoms with van der Waals surface area (Å²) in [6.07, 6.45) is 0.681. The molecule has 0 radical (unpaired) electrons. The van der Waals surface area contributed by atoms with Crippen LogP contribution in [0.5, 0.6) is 0 Å². The Morgan fingerprint density at radius 2 is 1.74 bits per heavy atom. The second-order valence-corrected chi connectivity index (χ2v) is 9.83. The molecule has 200 valence electrons. The van der Waals surface area contributed by atoms with Crippen LogP contribution < -0.4 is 15.5 Å². The van der Waals surface area contributed by atoms with Crippen LogP contribution in [-0.4, -0.2) is 66.9 Å². The van der Waals surface area contributed by atoms with Crippen LogP contribution in [0.2, 0.25) is 0 Å². The Hall–Kier alpha value is -3.92. The molecular weight excluding hydrogens is 505 g/mol. The van der Waals surface area contributed by atoms with E-state index in [-0.39, 0.29) is 23.5 Å². The molecule has 10 heteroatoms. The number of carbonyl (C=O) groups is 3. The van der Waals surface area contributed by atoms with Crippen LogP contribution in [0.25, 0.3) is 0 Å². The predicted molar refractivity (Wildman–Crippen MR) is 150 cm³/mol. The predicted octanol–water partition coefficient (Wildman–Crippen LogP) is 5.37. The van der Waals surface area contributed by atoms with Crippen molar-refractivity contribution in [3.05, 3.63) is 76.2 Å². The highest BCUT2D eigenvalue weighted by Gasteiger charge is 2.25. The Morgan fingerprint density at radius 3 is 2.45 bits per heavy atom. The van der Waals surface area contributed by atoms with Crippen molar-refractivity contribution in [1.82, 2.24) is 9.80 Å². The number of carbonyl (C=O) groups excluding carboxylic acids is 3. The number of anilines is 3. The molecule has 1 aliphatic heterocycles. The summed E-state index contributed by atoms with van der Waals surface area (Å²) in [6.45, 7) is 7.05. The number of nitrogens with zero attached hydrogens (tertiary/aromatic N) is 3. The number of halogens is 1. The fourth-order valence-electron chi connectivity index (χ4n) is 4.46. The second kappa shape index (κ2) is 12.6. The summed E-state index contributed by atoms with van der Waals surface area (Å²) >= 11 is 1.35. The summed E-state index contributed by atoms with van der Waals surface area (Å²) in [5.41, 5.74) is 1.95. The summed E-state index contributed by atoms with van der Waals surface area (Å²) in [4.78, 5) is 45.0. The average molecular weight is 538 g/mol. The maximum absolute atomic E-state index is 14.0. The van der Waals surface area contributed by atoms with Crippen molar-refractivity contribution in [3.63, 3.8) is 0 Å². The first kappa shape index (κ1) is 27.1. The van der Waals surface area contributed by atoms with Crippen molar-refractivity contribution in [2.75, 3.05) is 54.8 Å². The molecule has 3 aromatic rings. The third-order valence-corrected chi connectivity index (χ3v) is 7.39. The maximum atomic E-state index is 14.0. The monoisotopic (exact) mass is 537 g/mol. The normalized spacial score (nSPS) is 13.6. The van der Waals surface area contributed by atoms with Gasteiger partial charge < -0.3 is 25.3 Å². The summed E-state index contributed by atoms with van der Waals surface area (Å²) < 4.78 is 14.0. The Labute approximate surface area is 226 Å². The van der Waals surface area contributed by atoms with Gasteiger partial charge in [0.2, 0.25) is 0 Å². The molecule has 1 aromatic heterocycles. The van der Waals surface area contributed by atoms with E-state index >= 15 is 0 Å². The van der Waals surface area contributed by atoms with Crippen LogP contribution in [0, 0.1) is 5.82 Å². The molecule has 0 atom stereocenters. The van der Waals surface area contributed by atoms with Crippen molar-refractivity contribution >= 4 is 46.2 Å². The quantitative estimate of drug-likeness (QED) is 0.425. The molecule has 2 N–H and O–H groups in total. The molecule has 38 heavy (non-hydrogen) atoms.